The second-order valence-electron chi connectivity index (χ2n) is 11.0. The molecule has 0 radical (unpaired) electrons. The highest BCUT2D eigenvalue weighted by Gasteiger charge is 2.37. The van der Waals surface area contributed by atoms with Gasteiger partial charge in [0.1, 0.15) is 23.4 Å². The molecule has 1 aromatic rings. The molecule has 0 saturated carbocycles. The summed E-state index contributed by atoms with van der Waals surface area (Å²) in [4.78, 5) is 41.8. The van der Waals surface area contributed by atoms with Gasteiger partial charge in [-0.1, -0.05) is 71.6 Å². The van der Waals surface area contributed by atoms with Crippen molar-refractivity contribution in [3.63, 3.8) is 0 Å². The van der Waals surface area contributed by atoms with Crippen LogP contribution in [0.1, 0.15) is 105 Å². The fourth-order valence-electron chi connectivity index (χ4n) is 4.09. The number of phenolic OH excluding ortho intramolecular Hbond substituents is 1. The molecule has 0 fully saturated rings. The number of unbranched alkanes of at least 4 members (excludes halogenated alkanes) is 4. The van der Waals surface area contributed by atoms with Crippen LogP contribution in [0.4, 0.5) is 4.79 Å². The van der Waals surface area contributed by atoms with Crippen LogP contribution in [0.15, 0.2) is 24.3 Å². The molecule has 0 spiro atoms. The van der Waals surface area contributed by atoms with E-state index in [0.717, 1.165) is 32.1 Å². The lowest BCUT2D eigenvalue weighted by atomic mass is 9.98. The first kappa shape index (κ1) is 32.3. The van der Waals surface area contributed by atoms with Crippen molar-refractivity contribution < 1.29 is 24.2 Å². The van der Waals surface area contributed by atoms with Gasteiger partial charge in [0.15, 0.2) is 0 Å². The summed E-state index contributed by atoms with van der Waals surface area (Å²) in [5, 5.41) is 16.4. The number of hydrogen-bond donors (Lipinski definition) is 3. The largest absolute Gasteiger partial charge is 0.508 e. The normalized spacial score (nSPS) is 13.1. The molecule has 0 aromatic heterocycles. The molecule has 8 nitrogen and oxygen atoms in total. The Balaban J connectivity index is 3.43. The minimum Gasteiger partial charge on any atom is -0.508 e. The van der Waals surface area contributed by atoms with Crippen molar-refractivity contribution in [2.45, 2.75) is 111 Å². The lowest BCUT2D eigenvalue weighted by Gasteiger charge is -2.35. The van der Waals surface area contributed by atoms with Gasteiger partial charge in [0.05, 0.1) is 0 Å². The van der Waals surface area contributed by atoms with E-state index in [1.807, 2.05) is 13.8 Å². The van der Waals surface area contributed by atoms with E-state index in [2.05, 4.69) is 24.5 Å². The molecule has 2 unspecified atom stereocenters. The van der Waals surface area contributed by atoms with Crippen LogP contribution < -0.4 is 10.6 Å². The Morgan fingerprint density at radius 3 is 2.19 bits per heavy atom. The molecule has 0 aliphatic rings. The number of nitrogens with one attached hydrogen (secondary N) is 2. The Hall–Kier alpha value is -2.77. The minimum atomic E-state index is -1.03. The first-order valence-electron chi connectivity index (χ1n) is 13.8. The van der Waals surface area contributed by atoms with Crippen LogP contribution in [0.25, 0.3) is 0 Å². The molecular formula is C29H49N3O5. The molecule has 0 aliphatic carbocycles. The van der Waals surface area contributed by atoms with Gasteiger partial charge in [0, 0.05) is 18.7 Å². The number of phenols is 1. The van der Waals surface area contributed by atoms with Gasteiger partial charge in [-0.3, -0.25) is 9.59 Å². The third kappa shape index (κ3) is 11.9. The van der Waals surface area contributed by atoms with E-state index in [1.165, 1.54) is 11.0 Å². The van der Waals surface area contributed by atoms with Crippen molar-refractivity contribution in [3.05, 3.63) is 29.8 Å². The van der Waals surface area contributed by atoms with Gasteiger partial charge < -0.3 is 25.4 Å². The summed E-state index contributed by atoms with van der Waals surface area (Å²) in [6.07, 6.45) is 5.05. The zero-order valence-corrected chi connectivity index (χ0v) is 23.9. The second kappa shape index (κ2) is 16.2. The van der Waals surface area contributed by atoms with Crippen LogP contribution in [0, 0.1) is 5.92 Å². The number of aromatic hydroxyl groups is 1. The third-order valence-corrected chi connectivity index (χ3v) is 5.85. The Morgan fingerprint density at radius 1 is 1.00 bits per heavy atom. The number of amides is 3. The van der Waals surface area contributed by atoms with Gasteiger partial charge in [-0.15, -0.1) is 0 Å². The number of carbonyl (C=O) groups is 3. The van der Waals surface area contributed by atoms with Crippen LogP contribution >= 0.6 is 0 Å². The number of rotatable bonds is 15. The standard InChI is InChI=1S/C29H49N3O5/c1-8-10-14-18-30-26(34)25(22-16-12-13-17-24(22)33)32(19-15-11-9-2)27(35)23(20-21(3)4)31-28(36)37-29(5,6)7/h12-13,16-17,21,23,25,33H,8-11,14-15,18-20H2,1-7H3,(H,30,34)(H,31,36). The average molecular weight is 520 g/mol. The quantitative estimate of drug-likeness (QED) is 0.258. The number of nitrogens with zero attached hydrogens (tertiary/aromatic N) is 1. The number of para-hydroxylation sites is 1. The summed E-state index contributed by atoms with van der Waals surface area (Å²) in [6.45, 7) is 14.2. The molecule has 3 N–H and O–H groups in total. The lowest BCUT2D eigenvalue weighted by Crippen LogP contribution is -2.53. The molecule has 3 amide bonds. The van der Waals surface area contributed by atoms with Crippen LogP contribution in [0.3, 0.4) is 0 Å². The minimum absolute atomic E-state index is 0.0509. The molecule has 37 heavy (non-hydrogen) atoms. The molecule has 0 aliphatic heterocycles. The Labute approximate surface area is 223 Å². The summed E-state index contributed by atoms with van der Waals surface area (Å²) >= 11 is 0. The fourth-order valence-corrected chi connectivity index (χ4v) is 4.09. The van der Waals surface area contributed by atoms with Crippen molar-refractivity contribution in [2.24, 2.45) is 5.92 Å². The van der Waals surface area contributed by atoms with Gasteiger partial charge in [-0.2, -0.15) is 0 Å². The summed E-state index contributed by atoms with van der Waals surface area (Å²) < 4.78 is 5.43. The third-order valence-electron chi connectivity index (χ3n) is 5.85. The smallest absolute Gasteiger partial charge is 0.408 e. The zero-order chi connectivity index (χ0) is 28.0. The molecule has 8 heteroatoms. The van der Waals surface area contributed by atoms with E-state index in [-0.39, 0.29) is 23.5 Å². The molecule has 0 bridgehead atoms. The number of carbonyl (C=O) groups excluding carboxylic acids is 3. The van der Waals surface area contributed by atoms with Crippen molar-refractivity contribution in [1.29, 1.82) is 0 Å². The number of benzene rings is 1. The van der Waals surface area contributed by atoms with Crippen molar-refractivity contribution in [1.82, 2.24) is 15.5 Å². The predicted molar refractivity (Wildman–Crippen MR) is 147 cm³/mol. The van der Waals surface area contributed by atoms with Gasteiger partial charge in [-0.05, 0) is 52.0 Å². The van der Waals surface area contributed by atoms with Gasteiger partial charge in [-0.25, -0.2) is 4.79 Å². The highest BCUT2D eigenvalue weighted by molar-refractivity contribution is 5.92. The van der Waals surface area contributed by atoms with Crippen molar-refractivity contribution >= 4 is 17.9 Å². The Kier molecular flexibility index (Phi) is 14.1. The monoisotopic (exact) mass is 519 g/mol. The molecule has 0 saturated heterocycles. The van der Waals surface area contributed by atoms with Gasteiger partial charge in [0.2, 0.25) is 11.8 Å². The van der Waals surface area contributed by atoms with E-state index < -0.39 is 23.8 Å². The molecule has 1 rings (SSSR count). The first-order valence-corrected chi connectivity index (χ1v) is 13.8. The van der Waals surface area contributed by atoms with Crippen LogP contribution in [0.5, 0.6) is 5.75 Å². The van der Waals surface area contributed by atoms with E-state index in [4.69, 9.17) is 4.74 Å². The topological polar surface area (TPSA) is 108 Å². The van der Waals surface area contributed by atoms with Crippen LogP contribution in [-0.4, -0.2) is 52.6 Å². The maximum Gasteiger partial charge on any atom is 0.408 e. The molecule has 2 atom stereocenters. The number of hydrogen-bond acceptors (Lipinski definition) is 5. The van der Waals surface area contributed by atoms with E-state index in [9.17, 15) is 19.5 Å². The molecular weight excluding hydrogens is 470 g/mol. The maximum absolute atomic E-state index is 14.1. The van der Waals surface area contributed by atoms with E-state index in [0.29, 0.717) is 31.5 Å². The summed E-state index contributed by atoms with van der Waals surface area (Å²) in [7, 11) is 0. The first-order chi connectivity index (χ1) is 17.4. The Morgan fingerprint density at radius 2 is 1.62 bits per heavy atom. The van der Waals surface area contributed by atoms with E-state index >= 15 is 0 Å². The molecule has 1 aromatic carbocycles. The zero-order valence-electron chi connectivity index (χ0n) is 23.9. The highest BCUT2D eigenvalue weighted by Crippen LogP contribution is 2.30. The highest BCUT2D eigenvalue weighted by atomic mass is 16.6. The number of ether oxygens (including phenoxy) is 1. The SMILES string of the molecule is CCCCCNC(=O)C(c1ccccc1O)N(CCCCC)C(=O)C(CC(C)C)NC(=O)OC(C)(C)C. The summed E-state index contributed by atoms with van der Waals surface area (Å²) in [5.41, 5.74) is -0.353. The average Bonchev–Trinajstić information content (AvgIpc) is 2.80. The number of alkyl carbamates (subject to hydrolysis) is 1. The van der Waals surface area contributed by atoms with Crippen molar-refractivity contribution in [3.8, 4) is 5.75 Å². The second-order valence-corrected chi connectivity index (χ2v) is 11.0. The Bertz CT molecular complexity index is 850. The van der Waals surface area contributed by atoms with Gasteiger partial charge >= 0.3 is 6.09 Å². The lowest BCUT2D eigenvalue weighted by molar-refractivity contribution is -0.143. The van der Waals surface area contributed by atoms with Gasteiger partial charge in [0.25, 0.3) is 0 Å². The molecule has 210 valence electrons. The fraction of sp³-hybridized carbons (Fsp3) is 0.690. The maximum atomic E-state index is 14.1. The predicted octanol–water partition coefficient (Wildman–Crippen LogP) is 5.70. The van der Waals surface area contributed by atoms with E-state index in [1.54, 1.807) is 39.0 Å². The van der Waals surface area contributed by atoms with Crippen LogP contribution in [-0.2, 0) is 14.3 Å². The van der Waals surface area contributed by atoms with Crippen molar-refractivity contribution in [2.75, 3.05) is 13.1 Å². The summed E-state index contributed by atoms with van der Waals surface area (Å²) in [6, 6.07) is 4.71. The van der Waals surface area contributed by atoms with Crippen LogP contribution in [0.2, 0.25) is 0 Å². The molecule has 0 heterocycles. The summed E-state index contributed by atoms with van der Waals surface area (Å²) in [5.74, 6) is -0.659.